The molecule has 2 aromatic rings. The monoisotopic (exact) mass is 404 g/mol. The van der Waals surface area contributed by atoms with Gasteiger partial charge in [-0.2, -0.15) is 0 Å². The van der Waals surface area contributed by atoms with E-state index >= 15 is 0 Å². The molecule has 1 unspecified atom stereocenters. The molecular formula is C20H24N2O5S. The highest BCUT2D eigenvalue weighted by Crippen LogP contribution is 2.16. The second-order valence-electron chi connectivity index (χ2n) is 6.54. The van der Waals surface area contributed by atoms with E-state index in [-0.39, 0.29) is 29.2 Å². The molecule has 0 radical (unpaired) electrons. The summed E-state index contributed by atoms with van der Waals surface area (Å²) in [5, 5.41) is 7.86. The van der Waals surface area contributed by atoms with Crippen molar-refractivity contribution in [2.24, 2.45) is 5.14 Å². The van der Waals surface area contributed by atoms with Gasteiger partial charge in [-0.05, 0) is 55.7 Å². The van der Waals surface area contributed by atoms with Gasteiger partial charge in [0, 0.05) is 6.42 Å². The first kappa shape index (κ1) is 21.6. The third-order valence-corrected chi connectivity index (χ3v) is 5.07. The molecule has 0 aliphatic heterocycles. The highest BCUT2D eigenvalue weighted by Gasteiger charge is 2.12. The number of primary sulfonamides is 1. The highest BCUT2D eigenvalue weighted by atomic mass is 32.2. The molecule has 8 heteroatoms. The zero-order valence-corrected chi connectivity index (χ0v) is 16.7. The molecule has 0 saturated heterocycles. The number of ketones is 1. The summed E-state index contributed by atoms with van der Waals surface area (Å²) >= 11 is 0. The molecule has 0 saturated carbocycles. The number of carbonyl (C=O) groups is 2. The number of sulfonamides is 1. The largest absolute Gasteiger partial charge is 0.484 e. The lowest BCUT2D eigenvalue weighted by Crippen LogP contribution is -2.31. The Morgan fingerprint density at radius 1 is 1.07 bits per heavy atom. The summed E-state index contributed by atoms with van der Waals surface area (Å²) in [6, 6.07) is 12.9. The Morgan fingerprint density at radius 3 is 2.21 bits per heavy atom. The number of nitrogens with one attached hydrogen (secondary N) is 1. The molecule has 0 bridgehead atoms. The second-order valence-corrected chi connectivity index (χ2v) is 8.10. The summed E-state index contributed by atoms with van der Waals surface area (Å²) in [5.74, 6) is 0.404. The Morgan fingerprint density at radius 2 is 1.68 bits per heavy atom. The molecule has 3 N–H and O–H groups in total. The van der Waals surface area contributed by atoms with Gasteiger partial charge in [0.15, 0.2) is 6.61 Å². The number of benzene rings is 2. The lowest BCUT2D eigenvalue weighted by Gasteiger charge is -2.15. The van der Waals surface area contributed by atoms with Crippen molar-refractivity contribution in [2.45, 2.75) is 37.6 Å². The molecule has 0 aromatic heterocycles. The van der Waals surface area contributed by atoms with E-state index in [1.165, 1.54) is 12.1 Å². The number of aryl methyl sites for hydroxylation is 1. The van der Waals surface area contributed by atoms with Crippen LogP contribution in [-0.4, -0.2) is 26.7 Å². The number of amides is 1. The topological polar surface area (TPSA) is 116 Å². The Hall–Kier alpha value is -2.71. The van der Waals surface area contributed by atoms with Crippen molar-refractivity contribution in [3.63, 3.8) is 0 Å². The minimum absolute atomic E-state index is 0.0184. The van der Waals surface area contributed by atoms with E-state index < -0.39 is 10.0 Å². The molecule has 2 rings (SSSR count). The molecular weight excluding hydrogens is 380 g/mol. The van der Waals surface area contributed by atoms with Gasteiger partial charge in [-0.15, -0.1) is 0 Å². The van der Waals surface area contributed by atoms with Gasteiger partial charge in [0.25, 0.3) is 5.91 Å². The summed E-state index contributed by atoms with van der Waals surface area (Å²) in [6.07, 6.45) is 1.18. The van der Waals surface area contributed by atoms with Crippen LogP contribution in [0.25, 0.3) is 0 Å². The summed E-state index contributed by atoms with van der Waals surface area (Å²) in [5.41, 5.74) is 1.78. The van der Waals surface area contributed by atoms with Crippen LogP contribution in [0.1, 0.15) is 37.4 Å². The Bertz CT molecular complexity index is 922. The number of hydrogen-bond acceptors (Lipinski definition) is 5. The average Bonchev–Trinajstić information content (AvgIpc) is 2.65. The van der Waals surface area contributed by atoms with E-state index in [9.17, 15) is 18.0 Å². The van der Waals surface area contributed by atoms with Crippen LogP contribution in [0.15, 0.2) is 53.4 Å². The molecule has 1 atom stereocenters. The molecule has 1 amide bonds. The van der Waals surface area contributed by atoms with Crippen LogP contribution in [0.2, 0.25) is 0 Å². The standard InChI is InChI=1S/C20H24N2O5S/c1-14(23)3-4-16-5-9-18(10-6-16)27-13-20(24)22-15(2)17-7-11-19(12-8-17)28(21,25)26/h5-12,15H,3-4,13H2,1-2H3,(H,22,24)(H2,21,25,26). The van der Waals surface area contributed by atoms with E-state index in [1.54, 1.807) is 38.1 Å². The van der Waals surface area contributed by atoms with Gasteiger partial charge in [-0.25, -0.2) is 13.6 Å². The van der Waals surface area contributed by atoms with Gasteiger partial charge in [0.1, 0.15) is 11.5 Å². The van der Waals surface area contributed by atoms with Gasteiger partial charge in [-0.3, -0.25) is 4.79 Å². The number of Topliss-reactive ketones (excluding diaryl/α,β-unsaturated/α-hetero) is 1. The summed E-state index contributed by atoms with van der Waals surface area (Å²) in [4.78, 5) is 23.1. The van der Waals surface area contributed by atoms with Crippen molar-refractivity contribution in [3.05, 3.63) is 59.7 Å². The van der Waals surface area contributed by atoms with Crippen LogP contribution in [0.4, 0.5) is 0 Å². The van der Waals surface area contributed by atoms with Gasteiger partial charge in [-0.1, -0.05) is 24.3 Å². The predicted octanol–water partition coefficient (Wildman–Crippen LogP) is 2.11. The fraction of sp³-hybridized carbons (Fsp3) is 0.300. The number of rotatable bonds is 9. The quantitative estimate of drug-likeness (QED) is 0.664. The molecule has 0 fully saturated rings. The number of nitrogens with two attached hydrogens (primary N) is 1. The predicted molar refractivity (Wildman–Crippen MR) is 105 cm³/mol. The SMILES string of the molecule is CC(=O)CCc1ccc(OCC(=O)NC(C)c2ccc(S(N)(=O)=O)cc2)cc1. The van der Waals surface area contributed by atoms with Crippen molar-refractivity contribution in [1.29, 1.82) is 0 Å². The van der Waals surface area contributed by atoms with Crippen molar-refractivity contribution in [2.75, 3.05) is 6.61 Å². The van der Waals surface area contributed by atoms with Crippen LogP contribution in [-0.2, 0) is 26.0 Å². The Kier molecular flexibility index (Phi) is 7.31. The van der Waals surface area contributed by atoms with E-state index in [0.29, 0.717) is 18.6 Å². The van der Waals surface area contributed by atoms with Crippen LogP contribution in [0.3, 0.4) is 0 Å². The Balaban J connectivity index is 1.84. The molecule has 28 heavy (non-hydrogen) atoms. The van der Waals surface area contributed by atoms with E-state index in [1.807, 2.05) is 12.1 Å². The molecule has 0 aliphatic rings. The molecule has 0 heterocycles. The normalized spacial score (nSPS) is 12.2. The minimum atomic E-state index is -3.74. The fourth-order valence-electron chi connectivity index (χ4n) is 2.53. The van der Waals surface area contributed by atoms with Crippen molar-refractivity contribution >= 4 is 21.7 Å². The second kappa shape index (κ2) is 9.48. The van der Waals surface area contributed by atoms with Crippen LogP contribution in [0.5, 0.6) is 5.75 Å². The van der Waals surface area contributed by atoms with E-state index in [0.717, 1.165) is 11.1 Å². The van der Waals surface area contributed by atoms with Crippen molar-refractivity contribution < 1.29 is 22.7 Å². The lowest BCUT2D eigenvalue weighted by atomic mass is 10.1. The van der Waals surface area contributed by atoms with Gasteiger partial charge in [0.2, 0.25) is 10.0 Å². The number of ether oxygens (including phenoxy) is 1. The smallest absolute Gasteiger partial charge is 0.258 e. The molecule has 2 aromatic carbocycles. The summed E-state index contributed by atoms with van der Waals surface area (Å²) < 4.78 is 28.0. The fourth-order valence-corrected chi connectivity index (χ4v) is 3.05. The van der Waals surface area contributed by atoms with Crippen molar-refractivity contribution in [1.82, 2.24) is 5.32 Å². The third kappa shape index (κ3) is 6.79. The van der Waals surface area contributed by atoms with Crippen molar-refractivity contribution in [3.8, 4) is 5.75 Å². The average molecular weight is 404 g/mol. The van der Waals surface area contributed by atoms with Crippen LogP contribution < -0.4 is 15.2 Å². The first-order valence-electron chi connectivity index (χ1n) is 8.78. The zero-order chi connectivity index (χ0) is 20.7. The maximum absolute atomic E-state index is 12.1. The first-order valence-corrected chi connectivity index (χ1v) is 10.3. The number of hydrogen-bond donors (Lipinski definition) is 2. The first-order chi connectivity index (χ1) is 13.1. The molecule has 0 aliphatic carbocycles. The molecule has 0 spiro atoms. The summed E-state index contributed by atoms with van der Waals surface area (Å²) in [6.45, 7) is 3.20. The zero-order valence-electron chi connectivity index (χ0n) is 15.8. The van der Waals surface area contributed by atoms with Crippen LogP contribution >= 0.6 is 0 Å². The molecule has 7 nitrogen and oxygen atoms in total. The van der Waals surface area contributed by atoms with Crippen LogP contribution in [0, 0.1) is 0 Å². The minimum Gasteiger partial charge on any atom is -0.484 e. The maximum Gasteiger partial charge on any atom is 0.258 e. The summed E-state index contributed by atoms with van der Waals surface area (Å²) in [7, 11) is -3.74. The van der Waals surface area contributed by atoms with E-state index in [4.69, 9.17) is 9.88 Å². The highest BCUT2D eigenvalue weighted by molar-refractivity contribution is 7.89. The van der Waals surface area contributed by atoms with Gasteiger partial charge >= 0.3 is 0 Å². The van der Waals surface area contributed by atoms with Gasteiger partial charge < -0.3 is 14.8 Å². The van der Waals surface area contributed by atoms with E-state index in [2.05, 4.69) is 5.32 Å². The third-order valence-electron chi connectivity index (χ3n) is 4.15. The van der Waals surface area contributed by atoms with Gasteiger partial charge in [0.05, 0.1) is 10.9 Å². The molecule has 150 valence electrons. The Labute approximate surface area is 164 Å². The maximum atomic E-state index is 12.1. The lowest BCUT2D eigenvalue weighted by molar-refractivity contribution is -0.123. The number of carbonyl (C=O) groups excluding carboxylic acids is 2.